The first-order valence-electron chi connectivity index (χ1n) is 8.97. The van der Waals surface area contributed by atoms with Crippen molar-refractivity contribution in [1.29, 1.82) is 0 Å². The molecule has 1 aliphatic heterocycles. The van der Waals surface area contributed by atoms with Crippen molar-refractivity contribution < 1.29 is 17.9 Å². The number of hydrogen-bond acceptors (Lipinski definition) is 4. The molecule has 2 heterocycles. The molecule has 6 nitrogen and oxygen atoms in total. The van der Waals surface area contributed by atoms with Crippen molar-refractivity contribution in [2.75, 3.05) is 38.2 Å². The minimum atomic E-state index is -0.946. The molecular weight excluding hydrogens is 498 g/mol. The fourth-order valence-corrected chi connectivity index (χ4v) is 2.97. The Labute approximate surface area is 184 Å². The van der Waals surface area contributed by atoms with E-state index in [-0.39, 0.29) is 48.2 Å². The maximum atomic E-state index is 13.9. The molecule has 1 atom stereocenters. The second kappa shape index (κ2) is 11.1. The molecule has 2 aromatic rings. The van der Waals surface area contributed by atoms with Gasteiger partial charge < -0.3 is 20.3 Å². The number of hydrogen-bond donors (Lipinski definition) is 2. The number of nitrogens with zero attached hydrogens (tertiary/aromatic N) is 3. The fraction of sp³-hybridized carbons (Fsp3) is 0.368. The summed E-state index contributed by atoms with van der Waals surface area (Å²) in [5.41, 5.74) is 0. The van der Waals surface area contributed by atoms with Gasteiger partial charge in [-0.25, -0.2) is 18.2 Å². The van der Waals surface area contributed by atoms with Gasteiger partial charge in [0.05, 0.1) is 6.54 Å². The predicted octanol–water partition coefficient (Wildman–Crippen LogP) is 2.94. The number of aliphatic imine (C=N–C) groups is 1. The van der Waals surface area contributed by atoms with E-state index in [1.54, 1.807) is 19.3 Å². The summed E-state index contributed by atoms with van der Waals surface area (Å²) in [4.78, 5) is 10.2. The lowest BCUT2D eigenvalue weighted by atomic mass is 10.3. The van der Waals surface area contributed by atoms with E-state index in [9.17, 15) is 13.2 Å². The Kier molecular flexibility index (Phi) is 8.80. The second-order valence-corrected chi connectivity index (χ2v) is 6.31. The Morgan fingerprint density at radius 1 is 1.24 bits per heavy atom. The lowest BCUT2D eigenvalue weighted by Crippen LogP contribution is -2.45. The zero-order valence-electron chi connectivity index (χ0n) is 15.9. The highest BCUT2D eigenvalue weighted by Crippen LogP contribution is 2.20. The third-order valence-electron chi connectivity index (χ3n) is 4.35. The van der Waals surface area contributed by atoms with E-state index in [0.29, 0.717) is 31.4 Å². The van der Waals surface area contributed by atoms with Gasteiger partial charge in [-0.1, -0.05) is 0 Å². The second-order valence-electron chi connectivity index (χ2n) is 6.31. The molecule has 0 amide bonds. The van der Waals surface area contributed by atoms with E-state index in [0.717, 1.165) is 18.6 Å². The van der Waals surface area contributed by atoms with Crippen molar-refractivity contribution in [2.45, 2.75) is 12.5 Å². The third kappa shape index (κ3) is 6.38. The molecule has 1 aliphatic rings. The lowest BCUT2D eigenvalue weighted by molar-refractivity contribution is 0.318. The number of rotatable bonds is 6. The number of aromatic nitrogens is 1. The first kappa shape index (κ1) is 23.0. The molecule has 158 valence electrons. The molecule has 1 aromatic heterocycles. The first-order valence-corrected chi connectivity index (χ1v) is 8.97. The number of halogens is 4. The van der Waals surface area contributed by atoms with Crippen LogP contribution in [0.5, 0.6) is 5.75 Å². The Hall–Kier alpha value is -2.24. The molecule has 2 N–H and O–H groups in total. The van der Waals surface area contributed by atoms with Gasteiger partial charge in [-0.15, -0.1) is 24.0 Å². The van der Waals surface area contributed by atoms with Gasteiger partial charge in [0.25, 0.3) is 0 Å². The summed E-state index contributed by atoms with van der Waals surface area (Å²) in [5.74, 6) is -0.992. The number of nitrogens with one attached hydrogen (secondary N) is 2. The number of benzene rings is 1. The zero-order chi connectivity index (χ0) is 19.9. The summed E-state index contributed by atoms with van der Waals surface area (Å²) < 4.78 is 45.3. The standard InChI is InChI=1S/C19H22F3N5O.HI/c1-23-19(25-8-10-28-14-4-5-15(20)17(22)11-14)26-13-6-9-27(12-13)18-16(21)3-2-7-24-18;/h2-5,7,11,13H,6,8-10,12H2,1H3,(H2,23,25,26);1H. The van der Waals surface area contributed by atoms with Gasteiger partial charge in [0, 0.05) is 38.4 Å². The van der Waals surface area contributed by atoms with Crippen LogP contribution in [-0.2, 0) is 0 Å². The molecule has 1 aromatic carbocycles. The summed E-state index contributed by atoms with van der Waals surface area (Å²) in [5, 5.41) is 6.38. The van der Waals surface area contributed by atoms with Gasteiger partial charge in [0.1, 0.15) is 12.4 Å². The average molecular weight is 521 g/mol. The van der Waals surface area contributed by atoms with Crippen molar-refractivity contribution in [3.63, 3.8) is 0 Å². The summed E-state index contributed by atoms with van der Waals surface area (Å²) in [6, 6.07) is 6.46. The molecule has 0 radical (unpaired) electrons. The monoisotopic (exact) mass is 521 g/mol. The maximum Gasteiger partial charge on any atom is 0.191 e. The minimum absolute atomic E-state index is 0. The van der Waals surface area contributed by atoms with Crippen molar-refractivity contribution in [1.82, 2.24) is 15.6 Å². The van der Waals surface area contributed by atoms with Gasteiger partial charge >= 0.3 is 0 Å². The largest absolute Gasteiger partial charge is 0.492 e. The van der Waals surface area contributed by atoms with Crippen molar-refractivity contribution in [3.8, 4) is 5.75 Å². The van der Waals surface area contributed by atoms with Gasteiger partial charge in [-0.2, -0.15) is 0 Å². The van der Waals surface area contributed by atoms with Crippen LogP contribution in [-0.4, -0.2) is 50.3 Å². The van der Waals surface area contributed by atoms with Crippen LogP contribution in [0.1, 0.15) is 6.42 Å². The van der Waals surface area contributed by atoms with Gasteiger partial charge in [0.2, 0.25) is 0 Å². The Balaban J connectivity index is 0.00000300. The van der Waals surface area contributed by atoms with Crippen molar-refractivity contribution in [2.24, 2.45) is 4.99 Å². The predicted molar refractivity (Wildman–Crippen MR) is 117 cm³/mol. The van der Waals surface area contributed by atoms with Gasteiger partial charge in [-0.05, 0) is 30.7 Å². The van der Waals surface area contributed by atoms with Crippen molar-refractivity contribution in [3.05, 3.63) is 54.0 Å². The zero-order valence-corrected chi connectivity index (χ0v) is 18.2. The average Bonchev–Trinajstić information content (AvgIpc) is 3.15. The minimum Gasteiger partial charge on any atom is -0.492 e. The molecule has 0 spiro atoms. The topological polar surface area (TPSA) is 61.8 Å². The van der Waals surface area contributed by atoms with Crippen LogP contribution >= 0.6 is 24.0 Å². The Morgan fingerprint density at radius 2 is 2.07 bits per heavy atom. The van der Waals surface area contributed by atoms with Gasteiger partial charge in [0.15, 0.2) is 29.2 Å². The Bertz CT molecular complexity index is 839. The molecule has 1 unspecified atom stereocenters. The summed E-state index contributed by atoms with van der Waals surface area (Å²) >= 11 is 0. The maximum absolute atomic E-state index is 13.9. The fourth-order valence-electron chi connectivity index (χ4n) is 2.97. The van der Waals surface area contributed by atoms with Crippen molar-refractivity contribution >= 4 is 35.8 Å². The van der Waals surface area contributed by atoms with E-state index in [1.807, 2.05) is 4.90 Å². The van der Waals surface area contributed by atoms with E-state index in [1.165, 1.54) is 12.1 Å². The normalized spacial score (nSPS) is 16.3. The molecule has 0 aliphatic carbocycles. The van der Waals surface area contributed by atoms with E-state index < -0.39 is 11.6 Å². The Morgan fingerprint density at radius 3 is 2.79 bits per heavy atom. The smallest absolute Gasteiger partial charge is 0.191 e. The molecular formula is C19H23F3IN5O. The van der Waals surface area contributed by atoms with Crippen LogP contribution in [0, 0.1) is 17.5 Å². The van der Waals surface area contributed by atoms with Crippen LogP contribution in [0.4, 0.5) is 19.0 Å². The van der Waals surface area contributed by atoms with Crippen LogP contribution < -0.4 is 20.3 Å². The molecule has 0 bridgehead atoms. The highest BCUT2D eigenvalue weighted by molar-refractivity contribution is 14.0. The highest BCUT2D eigenvalue weighted by atomic mass is 127. The van der Waals surface area contributed by atoms with Crippen LogP contribution in [0.3, 0.4) is 0 Å². The van der Waals surface area contributed by atoms with Gasteiger partial charge in [-0.3, -0.25) is 4.99 Å². The SMILES string of the molecule is CN=C(NCCOc1ccc(F)c(F)c1)NC1CCN(c2ncccc2F)C1.I. The van der Waals surface area contributed by atoms with E-state index in [4.69, 9.17) is 4.74 Å². The summed E-state index contributed by atoms with van der Waals surface area (Å²) in [6.07, 6.45) is 2.40. The third-order valence-corrected chi connectivity index (χ3v) is 4.35. The molecule has 1 saturated heterocycles. The summed E-state index contributed by atoms with van der Waals surface area (Å²) in [7, 11) is 1.65. The molecule has 0 saturated carbocycles. The van der Waals surface area contributed by atoms with E-state index >= 15 is 0 Å². The first-order chi connectivity index (χ1) is 13.6. The molecule has 29 heavy (non-hydrogen) atoms. The molecule has 1 fully saturated rings. The number of ether oxygens (including phenoxy) is 1. The highest BCUT2D eigenvalue weighted by Gasteiger charge is 2.25. The number of pyridine rings is 1. The van der Waals surface area contributed by atoms with Crippen LogP contribution in [0.25, 0.3) is 0 Å². The summed E-state index contributed by atoms with van der Waals surface area (Å²) in [6.45, 7) is 1.98. The molecule has 10 heteroatoms. The quantitative estimate of drug-likeness (QED) is 0.265. The molecule has 3 rings (SSSR count). The number of guanidine groups is 1. The van der Waals surface area contributed by atoms with E-state index in [2.05, 4.69) is 20.6 Å². The lowest BCUT2D eigenvalue weighted by Gasteiger charge is -2.20. The van der Waals surface area contributed by atoms with Crippen LogP contribution in [0.15, 0.2) is 41.5 Å². The van der Waals surface area contributed by atoms with Crippen LogP contribution in [0.2, 0.25) is 0 Å². The number of anilines is 1.